The van der Waals surface area contributed by atoms with Gasteiger partial charge in [-0.2, -0.15) is 0 Å². The Morgan fingerprint density at radius 1 is 1.20 bits per heavy atom. The van der Waals surface area contributed by atoms with Crippen molar-refractivity contribution in [1.29, 1.82) is 0 Å². The SMILES string of the molecule is Cc1cn2c(n1)[C@@H](CNCc1ccccc1N1CCOCC1)CCC2. The Morgan fingerprint density at radius 2 is 2.04 bits per heavy atom. The van der Waals surface area contributed by atoms with Crippen molar-refractivity contribution in [3.63, 3.8) is 0 Å². The van der Waals surface area contributed by atoms with E-state index in [9.17, 15) is 0 Å². The fraction of sp³-hybridized carbons (Fsp3) is 0.550. The molecule has 1 fully saturated rings. The summed E-state index contributed by atoms with van der Waals surface area (Å²) in [6, 6.07) is 8.75. The topological polar surface area (TPSA) is 42.3 Å². The lowest BCUT2D eigenvalue weighted by Gasteiger charge is -2.31. The zero-order valence-corrected chi connectivity index (χ0v) is 15.1. The quantitative estimate of drug-likeness (QED) is 0.909. The molecule has 0 saturated carbocycles. The van der Waals surface area contributed by atoms with Crippen LogP contribution < -0.4 is 10.2 Å². The summed E-state index contributed by atoms with van der Waals surface area (Å²) in [6.45, 7) is 8.73. The van der Waals surface area contributed by atoms with Crippen LogP contribution in [-0.2, 0) is 17.8 Å². The van der Waals surface area contributed by atoms with Crippen LogP contribution in [0.2, 0.25) is 0 Å². The van der Waals surface area contributed by atoms with Gasteiger partial charge in [0.1, 0.15) is 5.82 Å². The molecule has 5 heteroatoms. The molecule has 3 heterocycles. The number of anilines is 1. The van der Waals surface area contributed by atoms with Crippen molar-refractivity contribution < 1.29 is 4.74 Å². The van der Waals surface area contributed by atoms with E-state index in [1.54, 1.807) is 0 Å². The number of hydrogen-bond acceptors (Lipinski definition) is 4. The van der Waals surface area contributed by atoms with Crippen molar-refractivity contribution in [3.8, 4) is 0 Å². The summed E-state index contributed by atoms with van der Waals surface area (Å²) in [7, 11) is 0. The van der Waals surface area contributed by atoms with Crippen molar-refractivity contribution in [2.45, 2.75) is 38.8 Å². The number of aromatic nitrogens is 2. The van der Waals surface area contributed by atoms with E-state index in [1.807, 2.05) is 0 Å². The van der Waals surface area contributed by atoms with E-state index < -0.39 is 0 Å². The van der Waals surface area contributed by atoms with Crippen molar-refractivity contribution >= 4 is 5.69 Å². The molecule has 25 heavy (non-hydrogen) atoms. The summed E-state index contributed by atoms with van der Waals surface area (Å²) in [6.07, 6.45) is 4.67. The third-order valence-electron chi connectivity index (χ3n) is 5.29. The van der Waals surface area contributed by atoms with Crippen LogP contribution in [0, 0.1) is 6.92 Å². The number of nitrogens with zero attached hydrogens (tertiary/aromatic N) is 3. The predicted octanol–water partition coefficient (Wildman–Crippen LogP) is 2.70. The summed E-state index contributed by atoms with van der Waals surface area (Å²) in [4.78, 5) is 7.19. The van der Waals surface area contributed by atoms with Gasteiger partial charge in [0.25, 0.3) is 0 Å². The molecule has 1 atom stereocenters. The van der Waals surface area contributed by atoms with Gasteiger partial charge in [-0.15, -0.1) is 0 Å². The Balaban J connectivity index is 1.39. The number of aryl methyl sites for hydroxylation is 2. The van der Waals surface area contributed by atoms with Gasteiger partial charge in [-0.25, -0.2) is 4.98 Å². The number of morpholine rings is 1. The summed E-state index contributed by atoms with van der Waals surface area (Å²) < 4.78 is 7.83. The van der Waals surface area contributed by atoms with E-state index in [2.05, 4.69) is 52.2 Å². The maximum Gasteiger partial charge on any atom is 0.113 e. The van der Waals surface area contributed by atoms with Crippen LogP contribution in [0.5, 0.6) is 0 Å². The van der Waals surface area contributed by atoms with Gasteiger partial charge in [0.15, 0.2) is 0 Å². The maximum atomic E-state index is 5.49. The molecule has 2 aliphatic heterocycles. The molecule has 1 N–H and O–H groups in total. The summed E-state index contributed by atoms with van der Waals surface area (Å²) in [5.41, 5.74) is 3.86. The van der Waals surface area contributed by atoms with Gasteiger partial charge in [-0.1, -0.05) is 18.2 Å². The van der Waals surface area contributed by atoms with E-state index in [0.717, 1.165) is 51.6 Å². The lowest BCUT2D eigenvalue weighted by molar-refractivity contribution is 0.122. The fourth-order valence-electron chi connectivity index (χ4n) is 4.05. The Morgan fingerprint density at radius 3 is 2.92 bits per heavy atom. The first-order chi connectivity index (χ1) is 12.3. The molecule has 5 nitrogen and oxygen atoms in total. The Bertz CT molecular complexity index is 705. The van der Waals surface area contributed by atoms with Crippen molar-refractivity contribution in [2.24, 2.45) is 0 Å². The smallest absolute Gasteiger partial charge is 0.113 e. The normalized spacial score (nSPS) is 20.5. The van der Waals surface area contributed by atoms with Gasteiger partial charge in [0.2, 0.25) is 0 Å². The monoisotopic (exact) mass is 340 g/mol. The van der Waals surface area contributed by atoms with Crippen LogP contribution in [0.3, 0.4) is 0 Å². The molecule has 2 aliphatic rings. The van der Waals surface area contributed by atoms with Crippen molar-refractivity contribution in [1.82, 2.24) is 14.9 Å². The molecule has 0 unspecified atom stereocenters. The first-order valence-corrected chi connectivity index (χ1v) is 9.46. The number of hydrogen-bond donors (Lipinski definition) is 1. The average Bonchev–Trinajstić information content (AvgIpc) is 3.04. The lowest BCUT2D eigenvalue weighted by Crippen LogP contribution is -2.37. The van der Waals surface area contributed by atoms with E-state index in [0.29, 0.717) is 5.92 Å². The molecule has 0 bridgehead atoms. The fourth-order valence-corrected chi connectivity index (χ4v) is 4.05. The molecule has 4 rings (SSSR count). The summed E-state index contributed by atoms with van der Waals surface area (Å²) >= 11 is 0. The number of ether oxygens (including phenoxy) is 1. The zero-order chi connectivity index (χ0) is 17.1. The third-order valence-corrected chi connectivity index (χ3v) is 5.29. The zero-order valence-electron chi connectivity index (χ0n) is 15.1. The number of fused-ring (bicyclic) bond motifs is 1. The van der Waals surface area contributed by atoms with Crippen LogP contribution in [0.25, 0.3) is 0 Å². The predicted molar refractivity (Wildman–Crippen MR) is 100 cm³/mol. The molecule has 0 radical (unpaired) electrons. The first-order valence-electron chi connectivity index (χ1n) is 9.46. The molecule has 134 valence electrons. The second-order valence-electron chi connectivity index (χ2n) is 7.13. The first kappa shape index (κ1) is 16.6. The van der Waals surface area contributed by atoms with Crippen LogP contribution in [0.1, 0.15) is 35.8 Å². The minimum Gasteiger partial charge on any atom is -0.378 e. The number of para-hydroxylation sites is 1. The van der Waals surface area contributed by atoms with E-state index in [4.69, 9.17) is 9.72 Å². The number of benzene rings is 1. The van der Waals surface area contributed by atoms with Gasteiger partial charge >= 0.3 is 0 Å². The Kier molecular flexibility index (Phi) is 5.04. The third kappa shape index (κ3) is 3.72. The van der Waals surface area contributed by atoms with Gasteiger partial charge < -0.3 is 19.5 Å². The Hall–Kier alpha value is -1.85. The molecule has 0 amide bonds. The van der Waals surface area contributed by atoms with Gasteiger partial charge in [-0.05, 0) is 31.4 Å². The Labute approximate surface area is 150 Å². The summed E-state index contributed by atoms with van der Waals surface area (Å²) in [5.74, 6) is 1.79. The van der Waals surface area contributed by atoms with Gasteiger partial charge in [0, 0.05) is 50.5 Å². The minimum absolute atomic E-state index is 0.526. The standard InChI is InChI=1S/C20H28N4O/c1-16-15-24-8-4-6-18(20(24)22-16)14-21-13-17-5-2-3-7-19(17)23-9-11-25-12-10-23/h2-3,5,7,15,18,21H,4,6,8-14H2,1H3/t18-/m1/s1. The molecular formula is C20H28N4O. The van der Waals surface area contributed by atoms with Crippen molar-refractivity contribution in [3.05, 3.63) is 47.5 Å². The molecule has 0 spiro atoms. The highest BCUT2D eigenvalue weighted by Gasteiger charge is 2.22. The highest BCUT2D eigenvalue weighted by atomic mass is 16.5. The minimum atomic E-state index is 0.526. The van der Waals surface area contributed by atoms with E-state index >= 15 is 0 Å². The molecule has 0 aliphatic carbocycles. The van der Waals surface area contributed by atoms with Crippen LogP contribution >= 0.6 is 0 Å². The van der Waals surface area contributed by atoms with Crippen LogP contribution in [0.4, 0.5) is 5.69 Å². The van der Waals surface area contributed by atoms with E-state index in [-0.39, 0.29) is 0 Å². The van der Waals surface area contributed by atoms with Crippen LogP contribution in [-0.4, -0.2) is 42.4 Å². The molecule has 1 aromatic heterocycles. The van der Waals surface area contributed by atoms with Gasteiger partial charge in [0.05, 0.1) is 18.9 Å². The number of rotatable bonds is 5. The van der Waals surface area contributed by atoms with Crippen molar-refractivity contribution in [2.75, 3.05) is 37.7 Å². The number of imidazole rings is 1. The molecule has 1 saturated heterocycles. The molecular weight excluding hydrogens is 312 g/mol. The van der Waals surface area contributed by atoms with Crippen LogP contribution in [0.15, 0.2) is 30.5 Å². The average molecular weight is 340 g/mol. The maximum absolute atomic E-state index is 5.49. The summed E-state index contributed by atoms with van der Waals surface area (Å²) in [5, 5.41) is 3.69. The molecule has 2 aromatic rings. The second-order valence-corrected chi connectivity index (χ2v) is 7.13. The lowest BCUT2D eigenvalue weighted by atomic mass is 9.99. The second kappa shape index (κ2) is 7.58. The number of nitrogens with one attached hydrogen (secondary N) is 1. The highest BCUT2D eigenvalue weighted by molar-refractivity contribution is 5.53. The molecule has 1 aromatic carbocycles. The largest absolute Gasteiger partial charge is 0.378 e. The van der Waals surface area contributed by atoms with E-state index in [1.165, 1.54) is 29.9 Å². The van der Waals surface area contributed by atoms with Gasteiger partial charge in [-0.3, -0.25) is 0 Å². The highest BCUT2D eigenvalue weighted by Crippen LogP contribution is 2.26.